The summed E-state index contributed by atoms with van der Waals surface area (Å²) in [6.45, 7) is 4.13. The number of thiophene rings is 1. The number of rotatable bonds is 8. The molecule has 3 aromatic rings. The first-order valence-electron chi connectivity index (χ1n) is 11.1. The van der Waals surface area contributed by atoms with Gasteiger partial charge in [0.15, 0.2) is 5.13 Å². The molecule has 1 fully saturated rings. The van der Waals surface area contributed by atoms with Crippen molar-refractivity contribution < 1.29 is 13.2 Å². The fraction of sp³-hybridized carbons (Fsp3) is 0.478. The lowest BCUT2D eigenvalue weighted by Crippen LogP contribution is -2.47. The van der Waals surface area contributed by atoms with Crippen LogP contribution in [0.25, 0.3) is 10.2 Å². The number of sulfonamides is 1. The van der Waals surface area contributed by atoms with Crippen LogP contribution in [-0.2, 0) is 14.8 Å². The molecular formula is C23H30N4O3S3. The summed E-state index contributed by atoms with van der Waals surface area (Å²) >= 11 is 2.74. The van der Waals surface area contributed by atoms with Gasteiger partial charge in [-0.2, -0.15) is 4.31 Å². The Kier molecular flexibility index (Phi) is 7.49. The molecule has 10 heteroatoms. The lowest BCUT2D eigenvalue weighted by molar-refractivity contribution is -0.123. The van der Waals surface area contributed by atoms with E-state index < -0.39 is 10.0 Å². The molecule has 0 N–H and O–H groups in total. The average Bonchev–Trinajstić information content (AvgIpc) is 3.46. The van der Waals surface area contributed by atoms with Gasteiger partial charge >= 0.3 is 0 Å². The van der Waals surface area contributed by atoms with Crippen molar-refractivity contribution in [2.45, 2.75) is 30.4 Å². The highest BCUT2D eigenvalue weighted by Crippen LogP contribution is 2.33. The number of fused-ring (bicyclic) bond motifs is 1. The van der Waals surface area contributed by atoms with Crippen LogP contribution in [0.3, 0.4) is 0 Å². The second-order valence-electron chi connectivity index (χ2n) is 8.75. The lowest BCUT2D eigenvalue weighted by Gasteiger charge is -2.33. The van der Waals surface area contributed by atoms with E-state index in [0.717, 1.165) is 28.7 Å². The molecule has 0 saturated carbocycles. The molecule has 1 aliphatic heterocycles. The van der Waals surface area contributed by atoms with Gasteiger partial charge in [-0.3, -0.25) is 9.69 Å². The Morgan fingerprint density at radius 3 is 2.79 bits per heavy atom. The molecule has 4 rings (SSSR count). The van der Waals surface area contributed by atoms with Crippen molar-refractivity contribution in [1.82, 2.24) is 14.2 Å². The van der Waals surface area contributed by atoms with E-state index in [4.69, 9.17) is 4.98 Å². The molecule has 0 bridgehead atoms. The first-order valence-corrected chi connectivity index (χ1v) is 14.3. The number of thiazole rings is 1. The first-order chi connectivity index (χ1) is 15.8. The van der Waals surface area contributed by atoms with Gasteiger partial charge in [-0.05, 0) is 76.0 Å². The summed E-state index contributed by atoms with van der Waals surface area (Å²) in [5, 5.41) is 2.46. The van der Waals surface area contributed by atoms with Crippen molar-refractivity contribution in [2.24, 2.45) is 5.92 Å². The van der Waals surface area contributed by atoms with Crippen molar-refractivity contribution >= 4 is 54.0 Å². The maximum Gasteiger partial charge on any atom is 0.252 e. The second-order valence-corrected chi connectivity index (χ2v) is 12.9. The van der Waals surface area contributed by atoms with E-state index in [9.17, 15) is 13.2 Å². The van der Waals surface area contributed by atoms with E-state index in [0.29, 0.717) is 35.3 Å². The zero-order valence-electron chi connectivity index (χ0n) is 19.2. The van der Waals surface area contributed by atoms with Gasteiger partial charge in [0.05, 0.1) is 16.1 Å². The fourth-order valence-electron chi connectivity index (χ4n) is 4.10. The predicted octanol–water partition coefficient (Wildman–Crippen LogP) is 4.05. The van der Waals surface area contributed by atoms with Gasteiger partial charge in [0.1, 0.15) is 4.21 Å². The Hall–Kier alpha value is -1.85. The minimum absolute atomic E-state index is 0.0318. The molecule has 1 aromatic carbocycles. The number of aromatic nitrogens is 1. The number of anilines is 1. The number of hydrogen-bond donors (Lipinski definition) is 0. The summed E-state index contributed by atoms with van der Waals surface area (Å²) in [6, 6.07) is 9.48. The monoisotopic (exact) mass is 506 g/mol. The van der Waals surface area contributed by atoms with Crippen LogP contribution in [0.2, 0.25) is 0 Å². The number of aryl methyl sites for hydroxylation is 1. The molecular weight excluding hydrogens is 476 g/mol. The van der Waals surface area contributed by atoms with Crippen LogP contribution in [0.4, 0.5) is 5.13 Å². The summed E-state index contributed by atoms with van der Waals surface area (Å²) in [4.78, 5) is 22.4. The highest BCUT2D eigenvalue weighted by atomic mass is 32.2. The van der Waals surface area contributed by atoms with Gasteiger partial charge in [0.25, 0.3) is 10.0 Å². The van der Waals surface area contributed by atoms with Crippen LogP contribution in [0, 0.1) is 12.8 Å². The Morgan fingerprint density at radius 2 is 2.06 bits per heavy atom. The Bertz CT molecular complexity index is 1210. The van der Waals surface area contributed by atoms with Gasteiger partial charge in [-0.15, -0.1) is 11.3 Å². The van der Waals surface area contributed by atoms with Crippen molar-refractivity contribution in [1.29, 1.82) is 0 Å². The third kappa shape index (κ3) is 5.46. The van der Waals surface area contributed by atoms with Crippen molar-refractivity contribution in [2.75, 3.05) is 45.2 Å². The average molecular weight is 507 g/mol. The topological polar surface area (TPSA) is 73.8 Å². The Morgan fingerprint density at radius 1 is 1.24 bits per heavy atom. The number of hydrogen-bond acceptors (Lipinski definition) is 7. The molecule has 1 saturated heterocycles. The highest BCUT2D eigenvalue weighted by molar-refractivity contribution is 7.91. The summed E-state index contributed by atoms with van der Waals surface area (Å²) in [6.07, 6.45) is 2.17. The standard InChI is InChI=1S/C23H30N4O3S3/c1-17-9-10-19-20(15-17)32-23(24-19)27(13-6-11-25(2)3)22(28)18-7-4-12-26(16-18)33(29,30)21-8-5-14-31-21/h5,8-10,14-15,18H,4,6-7,11-13,16H2,1-3H3. The summed E-state index contributed by atoms with van der Waals surface area (Å²) in [5.74, 6) is -0.405. The van der Waals surface area contributed by atoms with Crippen LogP contribution >= 0.6 is 22.7 Å². The molecule has 2 aromatic heterocycles. The Balaban J connectivity index is 1.58. The summed E-state index contributed by atoms with van der Waals surface area (Å²) in [5.41, 5.74) is 2.04. The van der Waals surface area contributed by atoms with Crippen molar-refractivity contribution in [3.05, 3.63) is 41.3 Å². The van der Waals surface area contributed by atoms with Crippen LogP contribution in [0.1, 0.15) is 24.8 Å². The summed E-state index contributed by atoms with van der Waals surface area (Å²) in [7, 11) is 0.462. The fourth-order valence-corrected chi connectivity index (χ4v) is 7.86. The molecule has 1 amide bonds. The molecule has 3 heterocycles. The zero-order chi connectivity index (χ0) is 23.6. The normalized spacial score (nSPS) is 17.6. The van der Waals surface area contributed by atoms with E-state index in [2.05, 4.69) is 11.0 Å². The van der Waals surface area contributed by atoms with E-state index in [-0.39, 0.29) is 18.4 Å². The number of amides is 1. The van der Waals surface area contributed by atoms with Gasteiger partial charge in [0.2, 0.25) is 5.91 Å². The minimum atomic E-state index is -3.57. The van der Waals surface area contributed by atoms with E-state index in [1.807, 2.05) is 33.2 Å². The molecule has 0 spiro atoms. The Labute approximate surface area is 203 Å². The molecule has 178 valence electrons. The van der Waals surface area contributed by atoms with Crippen LogP contribution in [-0.4, -0.2) is 68.8 Å². The molecule has 0 radical (unpaired) electrons. The van der Waals surface area contributed by atoms with E-state index >= 15 is 0 Å². The smallest absolute Gasteiger partial charge is 0.252 e. The van der Waals surface area contributed by atoms with Crippen LogP contribution in [0.5, 0.6) is 0 Å². The third-order valence-electron chi connectivity index (χ3n) is 5.84. The number of nitrogens with zero attached hydrogens (tertiary/aromatic N) is 4. The minimum Gasteiger partial charge on any atom is -0.309 e. The summed E-state index contributed by atoms with van der Waals surface area (Å²) < 4.78 is 29.0. The molecule has 1 atom stereocenters. The maximum atomic E-state index is 13.7. The number of piperidine rings is 1. The van der Waals surface area contributed by atoms with Crippen molar-refractivity contribution in [3.8, 4) is 0 Å². The van der Waals surface area contributed by atoms with Crippen LogP contribution < -0.4 is 4.90 Å². The highest BCUT2D eigenvalue weighted by Gasteiger charge is 2.36. The molecule has 7 nitrogen and oxygen atoms in total. The van der Waals surface area contributed by atoms with Gasteiger partial charge in [0, 0.05) is 19.6 Å². The molecule has 33 heavy (non-hydrogen) atoms. The predicted molar refractivity (Wildman–Crippen MR) is 136 cm³/mol. The lowest BCUT2D eigenvalue weighted by atomic mass is 9.98. The van der Waals surface area contributed by atoms with E-state index in [1.54, 1.807) is 22.4 Å². The molecule has 1 unspecified atom stereocenters. The number of benzene rings is 1. The second kappa shape index (κ2) is 10.2. The van der Waals surface area contributed by atoms with Gasteiger partial charge in [-0.25, -0.2) is 13.4 Å². The maximum absolute atomic E-state index is 13.7. The zero-order valence-corrected chi connectivity index (χ0v) is 21.7. The van der Waals surface area contributed by atoms with Crippen LogP contribution in [0.15, 0.2) is 39.9 Å². The van der Waals surface area contributed by atoms with Gasteiger partial charge in [-0.1, -0.05) is 23.5 Å². The largest absolute Gasteiger partial charge is 0.309 e. The molecule has 0 aliphatic carbocycles. The third-order valence-corrected chi connectivity index (χ3v) is 10.1. The quantitative estimate of drug-likeness (QED) is 0.461. The van der Waals surface area contributed by atoms with E-state index in [1.165, 1.54) is 27.0 Å². The van der Waals surface area contributed by atoms with Crippen molar-refractivity contribution in [3.63, 3.8) is 0 Å². The SMILES string of the molecule is Cc1ccc2nc(N(CCCN(C)C)C(=O)C3CCCN(S(=O)(=O)c4cccs4)C3)sc2c1. The number of carbonyl (C=O) groups excluding carboxylic acids is 1. The van der Waals surface area contributed by atoms with Gasteiger partial charge < -0.3 is 4.90 Å². The first kappa shape index (κ1) is 24.3. The molecule has 1 aliphatic rings. The number of carbonyl (C=O) groups is 1.